The van der Waals surface area contributed by atoms with Crippen molar-refractivity contribution < 1.29 is 15.0 Å². The van der Waals surface area contributed by atoms with Crippen molar-refractivity contribution in [2.45, 2.75) is 36.9 Å². The Morgan fingerprint density at radius 3 is 2.18 bits per heavy atom. The number of fused-ring (bicyclic) bond motifs is 3. The summed E-state index contributed by atoms with van der Waals surface area (Å²) in [6.45, 7) is 0.0634. The third-order valence-electron chi connectivity index (χ3n) is 6.22. The Hall–Kier alpha value is -2.82. The van der Waals surface area contributed by atoms with E-state index in [4.69, 9.17) is 5.11 Å². The minimum Gasteiger partial charge on any atom is -0.481 e. The number of carbonyl (C=O) groups is 1. The number of hydrogen-bond acceptors (Lipinski definition) is 3. The quantitative estimate of drug-likeness (QED) is 0.184. The van der Waals surface area contributed by atoms with Crippen LogP contribution in [0.4, 0.5) is 0 Å². The molecular formula is C29H30O3S. The van der Waals surface area contributed by atoms with Crippen LogP contribution in [0.3, 0.4) is 0 Å². The van der Waals surface area contributed by atoms with E-state index < -0.39 is 5.97 Å². The highest BCUT2D eigenvalue weighted by atomic mass is 32.2. The lowest BCUT2D eigenvalue weighted by molar-refractivity contribution is -0.137. The zero-order valence-electron chi connectivity index (χ0n) is 18.7. The van der Waals surface area contributed by atoms with Gasteiger partial charge in [-0.15, -0.1) is 0 Å². The first-order valence-corrected chi connectivity index (χ1v) is 12.6. The molecule has 0 aliphatic heterocycles. The largest absolute Gasteiger partial charge is 0.481 e. The van der Waals surface area contributed by atoms with Gasteiger partial charge in [-0.1, -0.05) is 91.3 Å². The van der Waals surface area contributed by atoms with Crippen molar-refractivity contribution in [1.82, 2.24) is 0 Å². The zero-order chi connectivity index (χ0) is 23.0. The van der Waals surface area contributed by atoms with Crippen LogP contribution in [0.15, 0.2) is 84.9 Å². The minimum atomic E-state index is -0.728. The third kappa shape index (κ3) is 5.58. The Balaban J connectivity index is 1.68. The molecule has 33 heavy (non-hydrogen) atoms. The lowest BCUT2D eigenvalue weighted by Gasteiger charge is -2.28. The van der Waals surface area contributed by atoms with E-state index in [2.05, 4.69) is 78.9 Å². The van der Waals surface area contributed by atoms with Gasteiger partial charge in [0.1, 0.15) is 0 Å². The lowest BCUT2D eigenvalue weighted by Crippen LogP contribution is -2.14. The molecule has 170 valence electrons. The Morgan fingerprint density at radius 2 is 1.45 bits per heavy atom. The number of benzene rings is 4. The molecule has 0 fully saturated rings. The second kappa shape index (κ2) is 11.4. The summed E-state index contributed by atoms with van der Waals surface area (Å²) in [5, 5.41) is 24.5. The molecule has 0 heterocycles. The van der Waals surface area contributed by atoms with Gasteiger partial charge >= 0.3 is 5.97 Å². The van der Waals surface area contributed by atoms with Gasteiger partial charge < -0.3 is 10.2 Å². The molecule has 3 nitrogen and oxygen atoms in total. The molecule has 4 heteroatoms. The molecule has 0 radical (unpaired) electrons. The minimum absolute atomic E-state index is 0.0501. The summed E-state index contributed by atoms with van der Waals surface area (Å²) >= 11 is 1.87. The summed E-state index contributed by atoms with van der Waals surface area (Å²) in [4.78, 5) is 10.8. The van der Waals surface area contributed by atoms with Crippen molar-refractivity contribution in [1.29, 1.82) is 0 Å². The highest BCUT2D eigenvalue weighted by Gasteiger charge is 2.26. The van der Waals surface area contributed by atoms with Gasteiger partial charge in [0.2, 0.25) is 0 Å². The number of aliphatic hydroxyl groups excluding tert-OH is 1. The van der Waals surface area contributed by atoms with E-state index in [1.54, 1.807) is 0 Å². The predicted molar refractivity (Wildman–Crippen MR) is 139 cm³/mol. The van der Waals surface area contributed by atoms with Crippen LogP contribution < -0.4 is 0 Å². The molecule has 0 spiro atoms. The van der Waals surface area contributed by atoms with Crippen molar-refractivity contribution in [3.8, 4) is 0 Å². The number of rotatable bonds is 11. The van der Waals surface area contributed by atoms with Crippen LogP contribution in [0.2, 0.25) is 0 Å². The van der Waals surface area contributed by atoms with E-state index in [9.17, 15) is 9.90 Å². The average molecular weight is 459 g/mol. The molecule has 4 aromatic carbocycles. The molecule has 0 saturated heterocycles. The summed E-state index contributed by atoms with van der Waals surface area (Å²) < 4.78 is 0. The summed E-state index contributed by atoms with van der Waals surface area (Å²) in [6.07, 6.45) is 2.82. The van der Waals surface area contributed by atoms with Crippen molar-refractivity contribution in [3.63, 3.8) is 0 Å². The molecule has 0 aromatic heterocycles. The summed E-state index contributed by atoms with van der Waals surface area (Å²) in [5.41, 5.74) is 2.39. The smallest absolute Gasteiger partial charge is 0.303 e. The highest BCUT2D eigenvalue weighted by Crippen LogP contribution is 2.45. The van der Waals surface area contributed by atoms with Crippen molar-refractivity contribution in [3.05, 3.63) is 96.1 Å². The molecule has 4 aromatic rings. The van der Waals surface area contributed by atoms with E-state index in [0.717, 1.165) is 18.6 Å². The fraction of sp³-hybridized carbons (Fsp3) is 0.276. The first-order valence-electron chi connectivity index (χ1n) is 11.6. The number of carboxylic acid groups (broad SMARTS) is 1. The maximum atomic E-state index is 10.8. The second-order valence-electron chi connectivity index (χ2n) is 8.43. The van der Waals surface area contributed by atoms with E-state index in [1.807, 2.05) is 17.8 Å². The third-order valence-corrected chi connectivity index (χ3v) is 7.71. The number of aliphatic hydroxyl groups is 1. The van der Waals surface area contributed by atoms with Crippen LogP contribution >= 0.6 is 11.8 Å². The van der Waals surface area contributed by atoms with Gasteiger partial charge in [-0.2, -0.15) is 11.8 Å². The summed E-state index contributed by atoms with van der Waals surface area (Å²) in [5.74, 6) is 0.153. The van der Waals surface area contributed by atoms with E-state index >= 15 is 0 Å². The molecule has 2 N–H and O–H groups in total. The molecule has 4 rings (SSSR count). The van der Waals surface area contributed by atoms with Gasteiger partial charge in [0, 0.05) is 17.6 Å². The molecule has 0 aliphatic carbocycles. The normalized spacial score (nSPS) is 13.2. The molecule has 0 amide bonds. The fourth-order valence-corrected chi connectivity index (χ4v) is 6.04. The topological polar surface area (TPSA) is 57.5 Å². The molecule has 0 saturated carbocycles. The van der Waals surface area contributed by atoms with Gasteiger partial charge in [-0.25, -0.2) is 0 Å². The monoisotopic (exact) mass is 458 g/mol. The number of aliphatic carboxylic acids is 1. The highest BCUT2D eigenvalue weighted by molar-refractivity contribution is 7.99. The Kier molecular flexibility index (Phi) is 8.03. The first kappa shape index (κ1) is 23.3. The molecule has 2 atom stereocenters. The van der Waals surface area contributed by atoms with E-state index in [-0.39, 0.29) is 24.2 Å². The van der Waals surface area contributed by atoms with Gasteiger partial charge in [0.05, 0.1) is 6.61 Å². The van der Waals surface area contributed by atoms with E-state index in [0.29, 0.717) is 6.42 Å². The zero-order valence-corrected chi connectivity index (χ0v) is 19.5. The number of carboxylic acids is 1. The fourth-order valence-electron chi connectivity index (χ4n) is 4.60. The van der Waals surface area contributed by atoms with Crippen LogP contribution in [0.5, 0.6) is 0 Å². The van der Waals surface area contributed by atoms with Crippen LogP contribution in [-0.4, -0.2) is 28.5 Å². The van der Waals surface area contributed by atoms with Crippen LogP contribution in [0.25, 0.3) is 21.5 Å². The van der Waals surface area contributed by atoms with Crippen LogP contribution in [0, 0.1) is 0 Å². The van der Waals surface area contributed by atoms with Crippen LogP contribution in [-0.2, 0) is 4.79 Å². The van der Waals surface area contributed by atoms with Gasteiger partial charge in [0.15, 0.2) is 0 Å². The Morgan fingerprint density at radius 1 is 0.788 bits per heavy atom. The molecule has 0 bridgehead atoms. The predicted octanol–water partition coefficient (Wildman–Crippen LogP) is 7.19. The number of unbranched alkanes of at least 4 members (excludes halogenated alkanes) is 2. The van der Waals surface area contributed by atoms with Crippen molar-refractivity contribution in [2.24, 2.45) is 0 Å². The standard InChI is InChI=1S/C29H30O3S/c30-20-27(26-19-22-13-6-7-14-23(22)24-15-8-9-16-25(24)26)29(21-11-3-1-4-12-21)33-18-10-2-5-17-28(31)32/h1,3-4,6-9,11-16,19,27,29-30H,2,5,10,17-18,20H2,(H,31,32). The van der Waals surface area contributed by atoms with Crippen LogP contribution in [0.1, 0.15) is 48.0 Å². The van der Waals surface area contributed by atoms with Gasteiger partial charge in [0.25, 0.3) is 0 Å². The van der Waals surface area contributed by atoms with Gasteiger partial charge in [-0.05, 0) is 51.3 Å². The Bertz CT molecular complexity index is 1210. The first-order chi connectivity index (χ1) is 16.2. The second-order valence-corrected chi connectivity index (χ2v) is 9.68. The lowest BCUT2D eigenvalue weighted by atomic mass is 9.86. The Labute approximate surface area is 199 Å². The molecule has 0 aliphatic rings. The van der Waals surface area contributed by atoms with E-state index in [1.165, 1.54) is 32.7 Å². The molecule has 2 unspecified atom stereocenters. The number of hydrogen-bond donors (Lipinski definition) is 2. The maximum absolute atomic E-state index is 10.8. The summed E-state index contributed by atoms with van der Waals surface area (Å²) in [7, 11) is 0. The SMILES string of the molecule is O=C(O)CCCCCSC(c1ccccc1)C(CO)c1cc2ccccc2c2ccccc12. The van der Waals surface area contributed by atoms with Crippen molar-refractivity contribution >= 4 is 39.3 Å². The maximum Gasteiger partial charge on any atom is 0.303 e. The summed E-state index contributed by atoms with van der Waals surface area (Å²) in [6, 6.07) is 29.6. The van der Waals surface area contributed by atoms with Gasteiger partial charge in [-0.3, -0.25) is 4.79 Å². The number of thioether (sulfide) groups is 1. The average Bonchev–Trinajstić information content (AvgIpc) is 2.85. The molecular weight excluding hydrogens is 428 g/mol. The van der Waals surface area contributed by atoms with Crippen molar-refractivity contribution in [2.75, 3.05) is 12.4 Å².